The maximum atomic E-state index is 12.3. The first kappa shape index (κ1) is 16.8. The number of ether oxygens (including phenoxy) is 1. The largest absolute Gasteiger partial charge is 0.465 e. The number of carbonyl (C=O) groups is 2. The van der Waals surface area contributed by atoms with E-state index in [0.717, 1.165) is 0 Å². The highest BCUT2D eigenvalue weighted by atomic mass is 35.5. The van der Waals surface area contributed by atoms with Gasteiger partial charge in [-0.1, -0.05) is 37.0 Å². The molecule has 1 aliphatic carbocycles. The zero-order valence-electron chi connectivity index (χ0n) is 12.5. The molecule has 1 amide bonds. The van der Waals surface area contributed by atoms with E-state index in [1.165, 1.54) is 7.11 Å². The second-order valence-corrected chi connectivity index (χ2v) is 6.85. The molecule has 4 nitrogen and oxygen atoms in total. The molecule has 0 aliphatic heterocycles. The molecule has 22 heavy (non-hydrogen) atoms. The lowest BCUT2D eigenvalue weighted by atomic mass is 10.1. The van der Waals surface area contributed by atoms with Gasteiger partial charge in [-0.2, -0.15) is 0 Å². The van der Waals surface area contributed by atoms with Gasteiger partial charge in [0.25, 0.3) is 0 Å². The van der Waals surface area contributed by atoms with Gasteiger partial charge in [-0.25, -0.2) is 4.79 Å². The predicted octanol–water partition coefficient (Wildman–Crippen LogP) is 4.00. The monoisotopic (exact) mass is 341 g/mol. The summed E-state index contributed by atoms with van der Waals surface area (Å²) in [5.41, 5.74) is 0.882. The van der Waals surface area contributed by atoms with Crippen LogP contribution < -0.4 is 5.32 Å². The van der Waals surface area contributed by atoms with Crippen LogP contribution in [-0.4, -0.2) is 19.0 Å². The first-order valence-corrected chi connectivity index (χ1v) is 7.55. The van der Waals surface area contributed by atoms with Crippen LogP contribution in [0.4, 0.5) is 5.69 Å². The minimum Gasteiger partial charge on any atom is -0.465 e. The highest BCUT2D eigenvalue weighted by Crippen LogP contribution is 2.59. The lowest BCUT2D eigenvalue weighted by molar-refractivity contribution is -0.118. The molecule has 1 aromatic rings. The van der Waals surface area contributed by atoms with Crippen molar-refractivity contribution in [2.45, 2.75) is 13.8 Å². The van der Waals surface area contributed by atoms with Gasteiger partial charge in [-0.05, 0) is 41.7 Å². The molecule has 1 aromatic carbocycles. The van der Waals surface area contributed by atoms with Crippen LogP contribution in [0.3, 0.4) is 0 Å². The van der Waals surface area contributed by atoms with E-state index in [-0.39, 0.29) is 27.6 Å². The van der Waals surface area contributed by atoms with Crippen molar-refractivity contribution >= 4 is 40.8 Å². The molecular formula is C16H17Cl2NO3. The minimum atomic E-state index is -0.414. The number of carbonyl (C=O) groups excluding carboxylic acids is 2. The number of benzene rings is 1. The fraction of sp³-hybridized carbons (Fsp3) is 0.375. The Morgan fingerprint density at radius 2 is 1.82 bits per heavy atom. The Hall–Kier alpha value is -1.52. The van der Waals surface area contributed by atoms with Crippen LogP contribution in [0.25, 0.3) is 0 Å². The van der Waals surface area contributed by atoms with Crippen LogP contribution >= 0.6 is 23.2 Å². The Morgan fingerprint density at radius 1 is 1.23 bits per heavy atom. The number of hydrogen-bond acceptors (Lipinski definition) is 3. The number of rotatable bonds is 4. The zero-order valence-corrected chi connectivity index (χ0v) is 14.0. The summed E-state index contributed by atoms with van der Waals surface area (Å²) >= 11 is 11.4. The van der Waals surface area contributed by atoms with Crippen molar-refractivity contribution in [1.29, 1.82) is 0 Å². The number of nitrogens with one attached hydrogen (secondary N) is 1. The van der Waals surface area contributed by atoms with Crippen molar-refractivity contribution in [3.8, 4) is 0 Å². The summed E-state index contributed by atoms with van der Waals surface area (Å²) < 4.78 is 4.80. The van der Waals surface area contributed by atoms with Crippen LogP contribution in [0.1, 0.15) is 24.2 Å². The molecule has 2 atom stereocenters. The van der Waals surface area contributed by atoms with Crippen molar-refractivity contribution in [3.05, 3.63) is 40.4 Å². The van der Waals surface area contributed by atoms with Crippen LogP contribution in [0.15, 0.2) is 34.8 Å². The van der Waals surface area contributed by atoms with Gasteiger partial charge in [-0.15, -0.1) is 0 Å². The van der Waals surface area contributed by atoms with Crippen LogP contribution in [0.2, 0.25) is 0 Å². The third-order valence-corrected chi connectivity index (χ3v) is 4.32. The Morgan fingerprint density at radius 3 is 2.32 bits per heavy atom. The van der Waals surface area contributed by atoms with Gasteiger partial charge in [0.15, 0.2) is 0 Å². The highest BCUT2D eigenvalue weighted by molar-refractivity contribution is 6.55. The van der Waals surface area contributed by atoms with Crippen molar-refractivity contribution < 1.29 is 14.3 Å². The summed E-state index contributed by atoms with van der Waals surface area (Å²) in [4.78, 5) is 23.7. The van der Waals surface area contributed by atoms with Gasteiger partial charge in [0, 0.05) is 5.69 Å². The van der Waals surface area contributed by atoms with E-state index in [1.54, 1.807) is 30.3 Å². The average molecular weight is 342 g/mol. The maximum absolute atomic E-state index is 12.3. The normalized spacial score (nSPS) is 21.7. The number of methoxy groups -OCH3 is 1. The quantitative estimate of drug-likeness (QED) is 0.842. The zero-order chi connectivity index (χ0) is 16.5. The molecular weight excluding hydrogens is 325 g/mol. The summed E-state index contributed by atoms with van der Waals surface area (Å²) in [5, 5.41) is 2.84. The molecule has 2 unspecified atom stereocenters. The Balaban J connectivity index is 2.04. The molecule has 1 saturated carbocycles. The Labute approximate surface area is 139 Å². The van der Waals surface area contributed by atoms with Crippen LogP contribution in [0, 0.1) is 17.3 Å². The Bertz CT molecular complexity index is 619. The van der Waals surface area contributed by atoms with E-state index in [9.17, 15) is 9.59 Å². The first-order valence-electron chi connectivity index (χ1n) is 6.79. The lowest BCUT2D eigenvalue weighted by Gasteiger charge is -2.07. The molecule has 2 rings (SSSR count). The topological polar surface area (TPSA) is 55.4 Å². The fourth-order valence-electron chi connectivity index (χ4n) is 2.65. The second-order valence-electron chi connectivity index (χ2n) is 5.84. The van der Waals surface area contributed by atoms with E-state index in [0.29, 0.717) is 11.3 Å². The Kier molecular flexibility index (Phi) is 4.83. The molecule has 6 heteroatoms. The van der Waals surface area contributed by atoms with Crippen molar-refractivity contribution in [2.75, 3.05) is 12.4 Å². The number of halogens is 2. The molecule has 0 heterocycles. The maximum Gasteiger partial charge on any atom is 0.337 e. The molecule has 1 fully saturated rings. The standard InChI is InChI=1S/C16H17Cl2NO3/c1-16(2)11(8-12(17)18)13(16)14(20)19-10-6-4-9(5-7-10)15(21)22-3/h4-8,11,13H,1-3H3,(H,19,20). The summed E-state index contributed by atoms with van der Waals surface area (Å²) in [5.74, 6) is -0.665. The molecule has 0 bridgehead atoms. The fourth-order valence-corrected chi connectivity index (χ4v) is 2.92. The van der Waals surface area contributed by atoms with Crippen LogP contribution in [0.5, 0.6) is 0 Å². The smallest absolute Gasteiger partial charge is 0.337 e. The first-order chi connectivity index (χ1) is 10.3. The van der Waals surface area contributed by atoms with Crippen molar-refractivity contribution in [1.82, 2.24) is 0 Å². The van der Waals surface area contributed by atoms with Crippen molar-refractivity contribution in [2.24, 2.45) is 17.3 Å². The van der Waals surface area contributed by atoms with Crippen LogP contribution in [-0.2, 0) is 9.53 Å². The SMILES string of the molecule is COC(=O)c1ccc(NC(=O)C2C(C=C(Cl)Cl)C2(C)C)cc1. The number of hydrogen-bond donors (Lipinski definition) is 1. The van der Waals surface area contributed by atoms with Gasteiger partial charge in [-0.3, -0.25) is 4.79 Å². The lowest BCUT2D eigenvalue weighted by Crippen LogP contribution is -2.17. The van der Waals surface area contributed by atoms with Gasteiger partial charge < -0.3 is 10.1 Å². The van der Waals surface area contributed by atoms with E-state index in [4.69, 9.17) is 23.2 Å². The number of esters is 1. The molecule has 1 aliphatic rings. The van der Waals surface area contributed by atoms with Gasteiger partial charge in [0.05, 0.1) is 18.6 Å². The molecule has 0 aromatic heterocycles. The van der Waals surface area contributed by atoms with E-state index in [1.807, 2.05) is 13.8 Å². The summed E-state index contributed by atoms with van der Waals surface area (Å²) in [6, 6.07) is 6.54. The summed E-state index contributed by atoms with van der Waals surface area (Å²) in [7, 11) is 1.32. The van der Waals surface area contributed by atoms with Gasteiger partial charge in [0.2, 0.25) is 5.91 Å². The number of anilines is 1. The van der Waals surface area contributed by atoms with E-state index >= 15 is 0 Å². The van der Waals surface area contributed by atoms with E-state index in [2.05, 4.69) is 10.1 Å². The van der Waals surface area contributed by atoms with Gasteiger partial charge >= 0.3 is 5.97 Å². The molecule has 0 saturated heterocycles. The summed E-state index contributed by atoms with van der Waals surface area (Å²) in [6.07, 6.45) is 1.70. The van der Waals surface area contributed by atoms with Gasteiger partial charge in [0.1, 0.15) is 4.49 Å². The second kappa shape index (κ2) is 6.31. The summed E-state index contributed by atoms with van der Waals surface area (Å²) in [6.45, 7) is 3.99. The number of amides is 1. The number of allylic oxidation sites excluding steroid dienone is 1. The minimum absolute atomic E-state index is 0.0202. The molecule has 1 N–H and O–H groups in total. The molecule has 0 spiro atoms. The third-order valence-electron chi connectivity index (χ3n) is 4.07. The molecule has 0 radical (unpaired) electrons. The predicted molar refractivity (Wildman–Crippen MR) is 87.0 cm³/mol. The highest BCUT2D eigenvalue weighted by Gasteiger charge is 2.60. The molecule has 118 valence electrons. The third kappa shape index (κ3) is 3.45. The van der Waals surface area contributed by atoms with E-state index < -0.39 is 5.97 Å². The van der Waals surface area contributed by atoms with Crippen molar-refractivity contribution in [3.63, 3.8) is 0 Å². The average Bonchev–Trinajstić information content (AvgIpc) is 2.99.